The highest BCUT2D eigenvalue weighted by Crippen LogP contribution is 2.35. The van der Waals surface area contributed by atoms with Crippen molar-refractivity contribution in [2.24, 2.45) is 0 Å². The van der Waals surface area contributed by atoms with E-state index in [1.165, 1.54) is 5.56 Å². The van der Waals surface area contributed by atoms with E-state index >= 15 is 0 Å². The van der Waals surface area contributed by atoms with Crippen LogP contribution in [0.1, 0.15) is 38.2 Å². The van der Waals surface area contributed by atoms with Gasteiger partial charge in [0.25, 0.3) is 0 Å². The Bertz CT molecular complexity index is 442. The van der Waals surface area contributed by atoms with Crippen LogP contribution in [0.2, 0.25) is 0 Å². The number of aliphatic hydroxyl groups is 1. The molecule has 1 fully saturated rings. The van der Waals surface area contributed by atoms with Crippen molar-refractivity contribution in [2.45, 2.75) is 38.2 Å². The zero-order valence-corrected chi connectivity index (χ0v) is 14.7. The minimum Gasteiger partial charge on any atom is -0.389 e. The summed E-state index contributed by atoms with van der Waals surface area (Å²) in [5.41, 5.74) is 0.597. The lowest BCUT2D eigenvalue weighted by atomic mass is 9.78. The van der Waals surface area contributed by atoms with Gasteiger partial charge in [-0.25, -0.2) is 0 Å². The molecule has 1 atom stereocenters. The fourth-order valence-electron chi connectivity index (χ4n) is 3.20. The number of hydrogen-bond donors (Lipinski definition) is 2. The van der Waals surface area contributed by atoms with Gasteiger partial charge in [0.15, 0.2) is 0 Å². The topological polar surface area (TPSA) is 35.5 Å². The predicted molar refractivity (Wildman–Crippen MR) is 91.7 cm³/mol. The smallest absolute Gasteiger partial charge is 0.0723 e. The Hall–Kier alpha value is -0.420. The van der Waals surface area contributed by atoms with Crippen LogP contribution in [0.3, 0.4) is 0 Å². The molecule has 1 aromatic carbocycles. The van der Waals surface area contributed by atoms with Crippen LogP contribution in [-0.4, -0.2) is 48.3 Å². The molecule has 118 valence electrons. The maximum absolute atomic E-state index is 11.1. The van der Waals surface area contributed by atoms with E-state index < -0.39 is 5.60 Å². The van der Waals surface area contributed by atoms with Crippen molar-refractivity contribution in [2.75, 3.05) is 32.7 Å². The number of benzene rings is 1. The highest BCUT2D eigenvalue weighted by molar-refractivity contribution is 9.10. The molecular formula is C17H27BrN2O. The lowest BCUT2D eigenvalue weighted by Gasteiger charge is -2.39. The van der Waals surface area contributed by atoms with E-state index in [4.69, 9.17) is 0 Å². The molecule has 2 N–H and O–H groups in total. The first kappa shape index (κ1) is 16.9. The van der Waals surface area contributed by atoms with Crippen LogP contribution >= 0.6 is 15.9 Å². The standard InChI is InChI=1S/C17H27BrN2O/c1-3-17(21,4-2)16(13-20-10-8-19-9-11-20)14-6-5-7-15(18)12-14/h5-7,12,16,19,21H,3-4,8-11,13H2,1-2H3/t16-/m0/s1. The first-order valence-electron chi connectivity index (χ1n) is 8.00. The molecule has 1 aliphatic heterocycles. The van der Waals surface area contributed by atoms with Gasteiger partial charge in [0.05, 0.1) is 5.60 Å². The summed E-state index contributed by atoms with van der Waals surface area (Å²) in [5.74, 6) is 0.156. The van der Waals surface area contributed by atoms with E-state index in [1.807, 2.05) is 6.07 Å². The van der Waals surface area contributed by atoms with Gasteiger partial charge in [0, 0.05) is 43.1 Å². The zero-order chi connectivity index (χ0) is 15.3. The normalized spacial score (nSPS) is 18.7. The quantitative estimate of drug-likeness (QED) is 0.824. The summed E-state index contributed by atoms with van der Waals surface area (Å²) in [5, 5.41) is 14.5. The van der Waals surface area contributed by atoms with Crippen molar-refractivity contribution >= 4 is 15.9 Å². The summed E-state index contributed by atoms with van der Waals surface area (Å²) in [7, 11) is 0. The largest absolute Gasteiger partial charge is 0.389 e. The molecule has 1 aliphatic rings. The molecule has 1 saturated heterocycles. The number of nitrogens with one attached hydrogen (secondary N) is 1. The second-order valence-electron chi connectivity index (χ2n) is 5.97. The number of nitrogens with zero attached hydrogens (tertiary/aromatic N) is 1. The van der Waals surface area contributed by atoms with Crippen molar-refractivity contribution in [3.05, 3.63) is 34.3 Å². The lowest BCUT2D eigenvalue weighted by molar-refractivity contribution is -0.00822. The van der Waals surface area contributed by atoms with Crippen LogP contribution in [0, 0.1) is 0 Å². The molecule has 0 radical (unpaired) electrons. The van der Waals surface area contributed by atoms with Crippen molar-refractivity contribution in [3.8, 4) is 0 Å². The summed E-state index contributed by atoms with van der Waals surface area (Å²) in [4.78, 5) is 2.47. The van der Waals surface area contributed by atoms with Crippen LogP contribution in [0.4, 0.5) is 0 Å². The lowest BCUT2D eigenvalue weighted by Crippen LogP contribution is -2.48. The second kappa shape index (κ2) is 7.73. The molecule has 21 heavy (non-hydrogen) atoms. The van der Waals surface area contributed by atoms with Crippen molar-refractivity contribution < 1.29 is 5.11 Å². The molecular weight excluding hydrogens is 328 g/mol. The minimum absolute atomic E-state index is 0.156. The average molecular weight is 355 g/mol. The monoisotopic (exact) mass is 354 g/mol. The van der Waals surface area contributed by atoms with Crippen molar-refractivity contribution in [1.29, 1.82) is 0 Å². The summed E-state index contributed by atoms with van der Waals surface area (Å²) < 4.78 is 1.08. The molecule has 3 nitrogen and oxygen atoms in total. The van der Waals surface area contributed by atoms with Gasteiger partial charge >= 0.3 is 0 Å². The van der Waals surface area contributed by atoms with Crippen molar-refractivity contribution in [1.82, 2.24) is 10.2 Å². The Morgan fingerprint density at radius 1 is 1.29 bits per heavy atom. The fourth-order valence-corrected chi connectivity index (χ4v) is 3.62. The molecule has 0 unspecified atom stereocenters. The third-order valence-electron chi connectivity index (χ3n) is 4.77. The average Bonchev–Trinajstić information content (AvgIpc) is 2.53. The molecule has 0 aliphatic carbocycles. The van der Waals surface area contributed by atoms with Crippen LogP contribution in [0.25, 0.3) is 0 Å². The Labute approximate surface area is 136 Å². The minimum atomic E-state index is -0.633. The summed E-state index contributed by atoms with van der Waals surface area (Å²) >= 11 is 3.56. The fraction of sp³-hybridized carbons (Fsp3) is 0.647. The van der Waals surface area contributed by atoms with E-state index in [1.54, 1.807) is 0 Å². The van der Waals surface area contributed by atoms with Crippen LogP contribution in [-0.2, 0) is 0 Å². The van der Waals surface area contributed by atoms with Crippen LogP contribution in [0.5, 0.6) is 0 Å². The Morgan fingerprint density at radius 2 is 1.95 bits per heavy atom. The highest BCUT2D eigenvalue weighted by atomic mass is 79.9. The van der Waals surface area contributed by atoms with Gasteiger partial charge in [-0.1, -0.05) is 41.9 Å². The number of rotatable bonds is 6. The highest BCUT2D eigenvalue weighted by Gasteiger charge is 2.35. The van der Waals surface area contributed by atoms with Crippen LogP contribution < -0.4 is 5.32 Å². The maximum Gasteiger partial charge on any atom is 0.0723 e. The molecule has 0 saturated carbocycles. The van der Waals surface area contributed by atoms with E-state index in [-0.39, 0.29) is 5.92 Å². The molecule has 1 aromatic rings. The Morgan fingerprint density at radius 3 is 2.52 bits per heavy atom. The van der Waals surface area contributed by atoms with Gasteiger partial charge in [-0.3, -0.25) is 0 Å². The summed E-state index contributed by atoms with van der Waals surface area (Å²) in [6.45, 7) is 9.32. The van der Waals surface area contributed by atoms with E-state index in [2.05, 4.69) is 58.2 Å². The van der Waals surface area contributed by atoms with Gasteiger partial charge < -0.3 is 15.3 Å². The number of halogens is 1. The van der Waals surface area contributed by atoms with Crippen molar-refractivity contribution in [3.63, 3.8) is 0 Å². The van der Waals surface area contributed by atoms with E-state index in [9.17, 15) is 5.11 Å². The van der Waals surface area contributed by atoms with Gasteiger partial charge in [-0.15, -0.1) is 0 Å². The van der Waals surface area contributed by atoms with E-state index in [0.29, 0.717) is 0 Å². The molecule has 2 rings (SSSR count). The van der Waals surface area contributed by atoms with Gasteiger partial charge in [0.1, 0.15) is 0 Å². The predicted octanol–water partition coefficient (Wildman–Crippen LogP) is 2.99. The van der Waals surface area contributed by atoms with Gasteiger partial charge in [-0.2, -0.15) is 0 Å². The number of piperazine rings is 1. The molecule has 4 heteroatoms. The Kier molecular flexibility index (Phi) is 6.23. The molecule has 0 aromatic heterocycles. The summed E-state index contributed by atoms with van der Waals surface area (Å²) in [6, 6.07) is 8.41. The first-order valence-corrected chi connectivity index (χ1v) is 8.79. The van der Waals surface area contributed by atoms with E-state index in [0.717, 1.165) is 50.0 Å². The third kappa shape index (κ3) is 4.28. The van der Waals surface area contributed by atoms with Gasteiger partial charge in [0.2, 0.25) is 0 Å². The SMILES string of the molecule is CCC(O)(CC)[C@@H](CN1CCNCC1)c1cccc(Br)c1. The Balaban J connectivity index is 2.25. The second-order valence-corrected chi connectivity index (χ2v) is 6.88. The zero-order valence-electron chi connectivity index (χ0n) is 13.1. The first-order chi connectivity index (χ1) is 10.1. The number of hydrogen-bond acceptors (Lipinski definition) is 3. The molecule has 0 amide bonds. The van der Waals surface area contributed by atoms with Gasteiger partial charge in [-0.05, 0) is 30.5 Å². The maximum atomic E-state index is 11.1. The third-order valence-corrected chi connectivity index (χ3v) is 5.27. The molecule has 0 spiro atoms. The molecule has 0 bridgehead atoms. The van der Waals surface area contributed by atoms with Crippen LogP contribution in [0.15, 0.2) is 28.7 Å². The molecule has 1 heterocycles. The summed E-state index contributed by atoms with van der Waals surface area (Å²) in [6.07, 6.45) is 1.57.